The van der Waals surface area contributed by atoms with Crippen LogP contribution in [-0.2, 0) is 5.41 Å². The van der Waals surface area contributed by atoms with Gasteiger partial charge in [0.1, 0.15) is 0 Å². The van der Waals surface area contributed by atoms with Crippen molar-refractivity contribution in [2.75, 3.05) is 11.4 Å². The van der Waals surface area contributed by atoms with Crippen LogP contribution in [0.25, 0.3) is 10.9 Å². The quantitative estimate of drug-likeness (QED) is 0.825. The highest BCUT2D eigenvalue weighted by atomic mass is 79.9. The smallest absolute Gasteiger partial charge is 0.0619 e. The van der Waals surface area contributed by atoms with Gasteiger partial charge in [0, 0.05) is 34.1 Å². The zero-order valence-electron chi connectivity index (χ0n) is 11.3. The molecule has 2 heterocycles. The predicted molar refractivity (Wildman–Crippen MR) is 81.5 cm³/mol. The van der Waals surface area contributed by atoms with Gasteiger partial charge in [0.2, 0.25) is 0 Å². The fourth-order valence-electron chi connectivity index (χ4n) is 3.22. The Morgan fingerprint density at radius 1 is 1.44 bits per heavy atom. The highest BCUT2D eigenvalue weighted by Gasteiger charge is 2.42. The van der Waals surface area contributed by atoms with Gasteiger partial charge in [-0.05, 0) is 47.5 Å². The molecule has 1 atom stereocenters. The molecule has 0 fully saturated rings. The van der Waals surface area contributed by atoms with E-state index in [9.17, 15) is 0 Å². The van der Waals surface area contributed by atoms with E-state index in [2.05, 4.69) is 65.6 Å². The number of benzene rings is 1. The Kier molecular flexibility index (Phi) is 2.53. The average Bonchev–Trinajstić information content (AvgIpc) is 2.86. The normalized spacial score (nSPS) is 21.6. The number of hydrogen-bond acceptors (Lipinski definition) is 1. The lowest BCUT2D eigenvalue weighted by Gasteiger charge is -2.30. The van der Waals surface area contributed by atoms with Crippen LogP contribution in [0.1, 0.15) is 33.3 Å². The summed E-state index contributed by atoms with van der Waals surface area (Å²) in [6.45, 7) is 10.3. The Bertz CT molecular complexity index is 612. The predicted octanol–water partition coefficient (Wildman–Crippen LogP) is 4.44. The van der Waals surface area contributed by atoms with Gasteiger partial charge in [0.25, 0.3) is 0 Å². The monoisotopic (exact) mass is 306 g/mol. The van der Waals surface area contributed by atoms with Crippen LogP contribution < -0.4 is 4.90 Å². The van der Waals surface area contributed by atoms with Gasteiger partial charge in [-0.3, -0.25) is 0 Å². The third-order valence-electron chi connectivity index (χ3n) is 4.60. The number of halogens is 1. The number of aromatic amines is 1. The number of nitrogens with one attached hydrogen (secondary N) is 1. The molecule has 0 amide bonds. The van der Waals surface area contributed by atoms with Crippen LogP contribution in [0.5, 0.6) is 0 Å². The lowest BCUT2D eigenvalue weighted by Crippen LogP contribution is -2.38. The molecule has 0 saturated carbocycles. The molecule has 0 bridgehead atoms. The molecule has 0 saturated heterocycles. The van der Waals surface area contributed by atoms with Crippen molar-refractivity contribution in [2.45, 2.75) is 39.2 Å². The lowest BCUT2D eigenvalue weighted by molar-refractivity contribution is 0.445. The van der Waals surface area contributed by atoms with E-state index in [1.807, 2.05) is 6.20 Å². The first-order chi connectivity index (χ1) is 8.48. The second-order valence-electron chi connectivity index (χ2n) is 5.70. The van der Waals surface area contributed by atoms with E-state index in [1.165, 1.54) is 26.6 Å². The highest BCUT2D eigenvalue weighted by Crippen LogP contribution is 2.49. The summed E-state index contributed by atoms with van der Waals surface area (Å²) >= 11 is 3.69. The van der Waals surface area contributed by atoms with Crippen LogP contribution in [0.15, 0.2) is 22.8 Å². The van der Waals surface area contributed by atoms with Gasteiger partial charge in [0.05, 0.1) is 11.2 Å². The summed E-state index contributed by atoms with van der Waals surface area (Å²) < 4.78 is 1.17. The molecule has 0 radical (unpaired) electrons. The zero-order chi connectivity index (χ0) is 13.1. The topological polar surface area (TPSA) is 19.0 Å². The summed E-state index contributed by atoms with van der Waals surface area (Å²) in [5.74, 6) is 0. The van der Waals surface area contributed by atoms with Crippen molar-refractivity contribution in [2.24, 2.45) is 0 Å². The van der Waals surface area contributed by atoms with E-state index in [0.29, 0.717) is 6.04 Å². The summed E-state index contributed by atoms with van der Waals surface area (Å²) in [4.78, 5) is 5.86. The van der Waals surface area contributed by atoms with E-state index in [-0.39, 0.29) is 5.41 Å². The molecule has 0 spiro atoms. The van der Waals surface area contributed by atoms with Gasteiger partial charge in [-0.15, -0.1) is 0 Å². The fraction of sp³-hybridized carbons (Fsp3) is 0.467. The minimum Gasteiger partial charge on any atom is -0.367 e. The molecule has 1 aromatic carbocycles. The minimum absolute atomic E-state index is 0.194. The second kappa shape index (κ2) is 3.77. The molecular weight excluding hydrogens is 288 g/mol. The number of H-pyrrole nitrogens is 1. The van der Waals surface area contributed by atoms with Crippen molar-refractivity contribution in [1.82, 2.24) is 4.98 Å². The molecule has 1 aliphatic rings. The van der Waals surface area contributed by atoms with Crippen LogP contribution in [-0.4, -0.2) is 17.6 Å². The fourth-order valence-corrected chi connectivity index (χ4v) is 3.77. The van der Waals surface area contributed by atoms with E-state index >= 15 is 0 Å². The van der Waals surface area contributed by atoms with E-state index in [1.54, 1.807) is 0 Å². The maximum Gasteiger partial charge on any atom is 0.0619 e. The van der Waals surface area contributed by atoms with Crippen molar-refractivity contribution in [1.29, 1.82) is 0 Å². The number of rotatable bonds is 1. The largest absolute Gasteiger partial charge is 0.367 e. The Labute approximate surface area is 116 Å². The number of anilines is 1. The summed E-state index contributed by atoms with van der Waals surface area (Å²) in [5.41, 5.74) is 4.27. The minimum atomic E-state index is 0.194. The van der Waals surface area contributed by atoms with Crippen LogP contribution >= 0.6 is 15.9 Å². The van der Waals surface area contributed by atoms with Crippen molar-refractivity contribution < 1.29 is 0 Å². The first kappa shape index (κ1) is 12.1. The molecule has 3 heteroatoms. The van der Waals surface area contributed by atoms with Gasteiger partial charge in [-0.2, -0.15) is 0 Å². The van der Waals surface area contributed by atoms with E-state index in [0.717, 1.165) is 6.54 Å². The van der Waals surface area contributed by atoms with Gasteiger partial charge in [0.15, 0.2) is 0 Å². The van der Waals surface area contributed by atoms with E-state index < -0.39 is 0 Å². The standard InChI is InChI=1S/C15H19BrN2/c1-5-18-9(2)15(3,4)11-8-12(16)13-10(14(11)18)6-7-17-13/h6-9,17H,5H2,1-4H3. The van der Waals surface area contributed by atoms with Crippen molar-refractivity contribution >= 4 is 32.5 Å². The van der Waals surface area contributed by atoms with Gasteiger partial charge < -0.3 is 9.88 Å². The first-order valence-electron chi connectivity index (χ1n) is 6.55. The van der Waals surface area contributed by atoms with E-state index in [4.69, 9.17) is 0 Å². The molecule has 3 rings (SSSR count). The maximum absolute atomic E-state index is 3.69. The van der Waals surface area contributed by atoms with Crippen molar-refractivity contribution in [3.05, 3.63) is 28.4 Å². The summed E-state index contributed by atoms with van der Waals surface area (Å²) in [7, 11) is 0. The summed E-state index contributed by atoms with van der Waals surface area (Å²) in [5, 5.41) is 1.33. The Balaban J connectivity index is 2.40. The molecule has 1 aromatic heterocycles. The van der Waals surface area contributed by atoms with Crippen molar-refractivity contribution in [3.63, 3.8) is 0 Å². The number of hydrogen-bond donors (Lipinski definition) is 1. The third kappa shape index (κ3) is 1.34. The first-order valence-corrected chi connectivity index (χ1v) is 7.34. The van der Waals surface area contributed by atoms with Crippen LogP contribution in [0.2, 0.25) is 0 Å². The number of likely N-dealkylation sites (N-methyl/N-ethyl adjacent to an activating group) is 1. The Morgan fingerprint density at radius 3 is 2.83 bits per heavy atom. The number of fused-ring (bicyclic) bond motifs is 3. The molecule has 1 unspecified atom stereocenters. The molecular formula is C15H19BrN2. The third-order valence-corrected chi connectivity index (χ3v) is 5.23. The molecule has 1 aliphatic heterocycles. The molecule has 18 heavy (non-hydrogen) atoms. The van der Waals surface area contributed by atoms with Crippen LogP contribution in [0.3, 0.4) is 0 Å². The van der Waals surface area contributed by atoms with Crippen LogP contribution in [0, 0.1) is 0 Å². The molecule has 96 valence electrons. The van der Waals surface area contributed by atoms with Gasteiger partial charge in [-0.1, -0.05) is 13.8 Å². The van der Waals surface area contributed by atoms with Gasteiger partial charge >= 0.3 is 0 Å². The zero-order valence-corrected chi connectivity index (χ0v) is 12.9. The average molecular weight is 307 g/mol. The van der Waals surface area contributed by atoms with Crippen LogP contribution in [0.4, 0.5) is 5.69 Å². The second-order valence-corrected chi connectivity index (χ2v) is 6.56. The number of aromatic nitrogens is 1. The highest BCUT2D eigenvalue weighted by molar-refractivity contribution is 9.10. The van der Waals surface area contributed by atoms with Crippen molar-refractivity contribution in [3.8, 4) is 0 Å². The summed E-state index contributed by atoms with van der Waals surface area (Å²) in [6.07, 6.45) is 2.03. The lowest BCUT2D eigenvalue weighted by atomic mass is 9.81. The number of nitrogens with zero attached hydrogens (tertiary/aromatic N) is 1. The Hall–Kier alpha value is -0.960. The molecule has 1 N–H and O–H groups in total. The SMILES string of the molecule is CCN1c2c(cc(Br)c3[nH]ccc23)C(C)(C)C1C. The molecule has 2 nitrogen and oxygen atoms in total. The Morgan fingerprint density at radius 2 is 2.17 bits per heavy atom. The van der Waals surface area contributed by atoms with Gasteiger partial charge in [-0.25, -0.2) is 0 Å². The maximum atomic E-state index is 3.69. The molecule has 2 aromatic rings. The molecule has 0 aliphatic carbocycles. The summed E-state index contributed by atoms with van der Waals surface area (Å²) in [6, 6.07) is 5.01.